The van der Waals surface area contributed by atoms with Crippen LogP contribution in [0.1, 0.15) is 42.4 Å². The third kappa shape index (κ3) is 6.04. The van der Waals surface area contributed by atoms with Crippen LogP contribution in [0.5, 0.6) is 0 Å². The molecule has 1 saturated carbocycles. The van der Waals surface area contributed by atoms with E-state index in [1.165, 1.54) is 0 Å². The molecule has 4 N–H and O–H groups in total. The van der Waals surface area contributed by atoms with E-state index >= 15 is 0 Å². The van der Waals surface area contributed by atoms with Gasteiger partial charge in [-0.25, -0.2) is 0 Å². The van der Waals surface area contributed by atoms with Gasteiger partial charge in [0.15, 0.2) is 5.57 Å². The van der Waals surface area contributed by atoms with Crippen molar-refractivity contribution < 1.29 is 26.3 Å². The van der Waals surface area contributed by atoms with Gasteiger partial charge in [-0.05, 0) is 36.6 Å². The summed E-state index contributed by atoms with van der Waals surface area (Å²) in [6.45, 7) is -0.468. The van der Waals surface area contributed by atoms with Gasteiger partial charge >= 0.3 is 12.4 Å². The van der Waals surface area contributed by atoms with Crippen molar-refractivity contribution in [3.63, 3.8) is 0 Å². The summed E-state index contributed by atoms with van der Waals surface area (Å²) in [4.78, 5) is 0. The molecule has 2 atom stereocenters. The molecule has 1 fully saturated rings. The van der Waals surface area contributed by atoms with Crippen LogP contribution in [0.15, 0.2) is 29.6 Å². The lowest BCUT2D eigenvalue weighted by atomic mass is 9.91. The number of hydrogen-bond acceptors (Lipinski definition) is 5. The van der Waals surface area contributed by atoms with Gasteiger partial charge in [-0.1, -0.05) is 12.8 Å². The van der Waals surface area contributed by atoms with E-state index in [1.807, 2.05) is 0 Å². The Morgan fingerprint density at radius 2 is 1.50 bits per heavy atom. The molecule has 0 aromatic heterocycles. The molecule has 2 rings (SSSR count). The minimum Gasteiger partial charge on any atom is -0.366 e. The van der Waals surface area contributed by atoms with E-state index in [9.17, 15) is 26.3 Å². The van der Waals surface area contributed by atoms with Gasteiger partial charge in [0.2, 0.25) is 0 Å². The predicted molar refractivity (Wildman–Crippen MR) is 94.9 cm³/mol. The number of rotatable bonds is 5. The number of nitrogens with two attached hydrogens (primary N) is 1. The minimum atomic E-state index is -4.97. The lowest BCUT2D eigenvalue weighted by Gasteiger charge is -2.31. The highest BCUT2D eigenvalue weighted by Crippen LogP contribution is 2.36. The first-order chi connectivity index (χ1) is 14.0. The average molecular weight is 431 g/mol. The Bertz CT molecular complexity index is 827. The van der Waals surface area contributed by atoms with Gasteiger partial charge in [-0.15, -0.1) is 0 Å². The molecule has 0 heterocycles. The highest BCUT2D eigenvalue weighted by molar-refractivity contribution is 5.40. The molecule has 1 aliphatic carbocycles. The summed E-state index contributed by atoms with van der Waals surface area (Å²) in [5.74, 6) is -0.0756. The molecule has 0 radical (unpaired) electrons. The molecule has 0 spiro atoms. The number of benzene rings is 1. The maximum atomic E-state index is 13.0. The van der Waals surface area contributed by atoms with Gasteiger partial charge in [0, 0.05) is 18.6 Å². The zero-order valence-electron chi connectivity index (χ0n) is 15.7. The summed E-state index contributed by atoms with van der Waals surface area (Å²) in [7, 11) is 0. The quantitative estimate of drug-likeness (QED) is 0.485. The van der Waals surface area contributed by atoms with E-state index < -0.39 is 30.0 Å². The second kappa shape index (κ2) is 9.26. The zero-order valence-corrected chi connectivity index (χ0v) is 15.7. The monoisotopic (exact) mass is 431 g/mol. The average Bonchev–Trinajstić information content (AvgIpc) is 2.67. The van der Waals surface area contributed by atoms with Crippen molar-refractivity contribution in [2.24, 2.45) is 5.73 Å². The predicted octanol–water partition coefficient (Wildman–Crippen LogP) is 3.93. The Labute approximate surface area is 169 Å². The Balaban J connectivity index is 2.31. The third-order valence-corrected chi connectivity index (χ3v) is 4.74. The standard InChI is InChI=1S/C19H19F6N5/c20-18(21,22)13-5-11(6-14(7-13)19(23,24)25)10-29-17(12(8-26)9-27)30-16-4-2-1-3-15(16)28/h5-7,15-16,29-30H,1-4,10,28H2/t15-,16?/m0/s1. The molecule has 0 amide bonds. The fourth-order valence-corrected chi connectivity index (χ4v) is 3.18. The summed E-state index contributed by atoms with van der Waals surface area (Å²) in [6, 6.07) is 3.97. The normalized spacial score (nSPS) is 19.4. The summed E-state index contributed by atoms with van der Waals surface area (Å²) in [6.07, 6.45) is -6.80. The van der Waals surface area contributed by atoms with Crippen LogP contribution in [0, 0.1) is 22.7 Å². The SMILES string of the molecule is N#CC(C#N)=C(NCc1cc(C(F)(F)F)cc(C(F)(F)F)c1)NC1CCCC[C@@H]1N. The third-order valence-electron chi connectivity index (χ3n) is 4.74. The van der Waals surface area contributed by atoms with Crippen LogP contribution < -0.4 is 16.4 Å². The molecule has 5 nitrogen and oxygen atoms in total. The molecule has 0 saturated heterocycles. The van der Waals surface area contributed by atoms with E-state index in [4.69, 9.17) is 16.3 Å². The number of allylic oxidation sites excluding steroid dienone is 1. The summed E-state index contributed by atoms with van der Waals surface area (Å²) in [5, 5.41) is 23.8. The van der Waals surface area contributed by atoms with Gasteiger partial charge < -0.3 is 16.4 Å². The molecule has 162 valence electrons. The Morgan fingerprint density at radius 1 is 0.967 bits per heavy atom. The minimum absolute atomic E-state index is 0.0372. The molecule has 0 bridgehead atoms. The van der Waals surface area contributed by atoms with Crippen LogP contribution in [0.3, 0.4) is 0 Å². The first-order valence-electron chi connectivity index (χ1n) is 9.04. The van der Waals surface area contributed by atoms with Crippen molar-refractivity contribution in [3.05, 3.63) is 46.3 Å². The maximum absolute atomic E-state index is 13.0. The molecular weight excluding hydrogens is 412 g/mol. The van der Waals surface area contributed by atoms with Gasteiger partial charge in [0.05, 0.1) is 11.1 Å². The number of halogens is 6. The van der Waals surface area contributed by atoms with E-state index in [-0.39, 0.29) is 35.1 Å². The maximum Gasteiger partial charge on any atom is 0.416 e. The number of nitrogens with zero attached hydrogens (tertiary/aromatic N) is 2. The lowest BCUT2D eigenvalue weighted by molar-refractivity contribution is -0.143. The van der Waals surface area contributed by atoms with E-state index in [0.29, 0.717) is 25.0 Å². The molecule has 1 unspecified atom stereocenters. The number of alkyl halides is 6. The molecule has 1 aliphatic rings. The number of nitrogens with one attached hydrogen (secondary N) is 2. The van der Waals surface area contributed by atoms with Crippen LogP contribution >= 0.6 is 0 Å². The number of nitriles is 2. The summed E-state index contributed by atoms with van der Waals surface area (Å²) in [5.41, 5.74) is 2.46. The molecule has 11 heteroatoms. The number of hydrogen-bond donors (Lipinski definition) is 3. The fourth-order valence-electron chi connectivity index (χ4n) is 3.18. The Hall–Kier alpha value is -2.92. The van der Waals surface area contributed by atoms with Crippen LogP contribution in [0.25, 0.3) is 0 Å². The molecule has 1 aromatic rings. The second-order valence-electron chi connectivity index (χ2n) is 6.94. The molecular formula is C19H19F6N5. The topological polar surface area (TPSA) is 97.7 Å². The molecule has 1 aromatic carbocycles. The van der Waals surface area contributed by atoms with Crippen LogP contribution in [0.4, 0.5) is 26.3 Å². The molecule has 30 heavy (non-hydrogen) atoms. The summed E-state index contributed by atoms with van der Waals surface area (Å²) < 4.78 is 78.1. The van der Waals surface area contributed by atoms with Gasteiger partial charge in [0.25, 0.3) is 0 Å². The summed E-state index contributed by atoms with van der Waals surface area (Å²) >= 11 is 0. The van der Waals surface area contributed by atoms with E-state index in [1.54, 1.807) is 12.1 Å². The highest BCUT2D eigenvalue weighted by Gasteiger charge is 2.36. The van der Waals surface area contributed by atoms with Gasteiger partial charge in [-0.2, -0.15) is 36.9 Å². The van der Waals surface area contributed by atoms with Crippen LogP contribution in [0.2, 0.25) is 0 Å². The van der Waals surface area contributed by atoms with Gasteiger partial charge in [-0.3, -0.25) is 0 Å². The Kier molecular flexibility index (Phi) is 7.21. The van der Waals surface area contributed by atoms with Crippen LogP contribution in [-0.2, 0) is 18.9 Å². The van der Waals surface area contributed by atoms with Crippen molar-refractivity contribution in [2.75, 3.05) is 0 Å². The highest BCUT2D eigenvalue weighted by atomic mass is 19.4. The molecule has 0 aliphatic heterocycles. The van der Waals surface area contributed by atoms with Crippen molar-refractivity contribution >= 4 is 0 Å². The van der Waals surface area contributed by atoms with E-state index in [0.717, 1.165) is 12.8 Å². The largest absolute Gasteiger partial charge is 0.416 e. The smallest absolute Gasteiger partial charge is 0.366 e. The van der Waals surface area contributed by atoms with Crippen molar-refractivity contribution in [1.29, 1.82) is 10.5 Å². The van der Waals surface area contributed by atoms with E-state index in [2.05, 4.69) is 10.6 Å². The van der Waals surface area contributed by atoms with Gasteiger partial charge in [0.1, 0.15) is 18.0 Å². The zero-order chi connectivity index (χ0) is 22.5. The second-order valence-corrected chi connectivity index (χ2v) is 6.94. The Morgan fingerprint density at radius 3 is 1.97 bits per heavy atom. The first-order valence-corrected chi connectivity index (χ1v) is 9.04. The lowest BCUT2D eigenvalue weighted by Crippen LogP contribution is -2.48. The van der Waals surface area contributed by atoms with Crippen LogP contribution in [-0.4, -0.2) is 12.1 Å². The van der Waals surface area contributed by atoms with Crippen molar-refractivity contribution in [1.82, 2.24) is 10.6 Å². The fraction of sp³-hybridized carbons (Fsp3) is 0.474. The first kappa shape index (κ1) is 23.4. The van der Waals surface area contributed by atoms with Crippen molar-refractivity contribution in [3.8, 4) is 12.1 Å². The van der Waals surface area contributed by atoms with Crippen molar-refractivity contribution in [2.45, 2.75) is 56.7 Å².